The SMILES string of the molecule is COc1cc([C@H]2Nc3c(Cl)cccc3[C@@H]3C=CC[C@H]23)cc(Br)c1OC. The topological polar surface area (TPSA) is 30.5 Å². The summed E-state index contributed by atoms with van der Waals surface area (Å²) in [5, 5.41) is 4.44. The molecule has 0 bridgehead atoms. The Hall–Kier alpha value is -1.65. The van der Waals surface area contributed by atoms with Crippen molar-refractivity contribution in [1.29, 1.82) is 0 Å². The van der Waals surface area contributed by atoms with Crippen molar-refractivity contribution in [2.24, 2.45) is 5.92 Å². The number of anilines is 1. The van der Waals surface area contributed by atoms with Gasteiger partial charge in [-0.1, -0.05) is 35.9 Å². The second-order valence-electron chi connectivity index (χ2n) is 6.42. The quantitative estimate of drug-likeness (QED) is 0.623. The van der Waals surface area contributed by atoms with Crippen LogP contribution in [-0.2, 0) is 0 Å². The molecule has 0 saturated carbocycles. The van der Waals surface area contributed by atoms with Crippen LogP contribution in [0.3, 0.4) is 0 Å². The third kappa shape index (κ3) is 2.72. The minimum Gasteiger partial charge on any atom is -0.493 e. The van der Waals surface area contributed by atoms with Gasteiger partial charge in [-0.15, -0.1) is 0 Å². The lowest BCUT2D eigenvalue weighted by Gasteiger charge is -2.38. The summed E-state index contributed by atoms with van der Waals surface area (Å²) in [6.45, 7) is 0. The summed E-state index contributed by atoms with van der Waals surface area (Å²) >= 11 is 10.1. The molecule has 3 atom stereocenters. The van der Waals surface area contributed by atoms with E-state index in [0.29, 0.717) is 17.6 Å². The van der Waals surface area contributed by atoms with E-state index in [9.17, 15) is 0 Å². The Morgan fingerprint density at radius 1 is 1.20 bits per heavy atom. The van der Waals surface area contributed by atoms with E-state index in [-0.39, 0.29) is 6.04 Å². The fourth-order valence-electron chi connectivity index (χ4n) is 4.03. The smallest absolute Gasteiger partial charge is 0.174 e. The molecule has 1 aliphatic carbocycles. The molecule has 0 spiro atoms. The Labute approximate surface area is 161 Å². The van der Waals surface area contributed by atoms with Crippen LogP contribution in [0.5, 0.6) is 11.5 Å². The zero-order chi connectivity index (χ0) is 17.6. The van der Waals surface area contributed by atoms with Crippen LogP contribution >= 0.6 is 27.5 Å². The Morgan fingerprint density at radius 3 is 2.80 bits per heavy atom. The maximum atomic E-state index is 6.48. The summed E-state index contributed by atoms with van der Waals surface area (Å²) in [6, 6.07) is 10.5. The molecule has 25 heavy (non-hydrogen) atoms. The van der Waals surface area contributed by atoms with Crippen LogP contribution in [0.25, 0.3) is 0 Å². The van der Waals surface area contributed by atoms with Crippen LogP contribution in [0.2, 0.25) is 5.02 Å². The van der Waals surface area contributed by atoms with Crippen molar-refractivity contribution >= 4 is 33.2 Å². The molecule has 2 aromatic rings. The molecule has 1 aliphatic heterocycles. The van der Waals surface area contributed by atoms with Gasteiger partial charge in [-0.2, -0.15) is 0 Å². The minimum atomic E-state index is 0.156. The normalized spacial score (nSPS) is 23.6. The summed E-state index contributed by atoms with van der Waals surface area (Å²) < 4.78 is 11.9. The molecule has 130 valence electrons. The number of halogens is 2. The molecular formula is C20H19BrClNO2. The molecule has 1 heterocycles. The first-order valence-corrected chi connectivity index (χ1v) is 9.44. The number of para-hydroxylation sites is 1. The van der Waals surface area contributed by atoms with Crippen molar-refractivity contribution < 1.29 is 9.47 Å². The number of hydrogen-bond acceptors (Lipinski definition) is 3. The van der Waals surface area contributed by atoms with Gasteiger partial charge in [-0.25, -0.2) is 0 Å². The zero-order valence-electron chi connectivity index (χ0n) is 14.1. The van der Waals surface area contributed by atoms with E-state index < -0.39 is 0 Å². The average Bonchev–Trinajstić information content (AvgIpc) is 3.10. The van der Waals surface area contributed by atoms with E-state index in [1.165, 1.54) is 5.56 Å². The van der Waals surface area contributed by atoms with E-state index in [4.69, 9.17) is 21.1 Å². The Balaban J connectivity index is 1.82. The summed E-state index contributed by atoms with van der Waals surface area (Å²) in [7, 11) is 3.31. The summed E-state index contributed by atoms with van der Waals surface area (Å²) in [5.74, 6) is 2.27. The van der Waals surface area contributed by atoms with Gasteiger partial charge in [0.05, 0.1) is 35.4 Å². The number of allylic oxidation sites excluding steroid dienone is 2. The maximum absolute atomic E-state index is 6.48. The molecule has 0 radical (unpaired) electrons. The number of methoxy groups -OCH3 is 2. The van der Waals surface area contributed by atoms with Crippen LogP contribution < -0.4 is 14.8 Å². The van der Waals surface area contributed by atoms with Gasteiger partial charge in [0.1, 0.15) is 0 Å². The molecule has 5 heteroatoms. The van der Waals surface area contributed by atoms with Crippen LogP contribution in [-0.4, -0.2) is 14.2 Å². The predicted molar refractivity (Wildman–Crippen MR) is 105 cm³/mol. The minimum absolute atomic E-state index is 0.156. The molecule has 0 saturated heterocycles. The van der Waals surface area contributed by atoms with Gasteiger partial charge < -0.3 is 14.8 Å². The average molecular weight is 421 g/mol. The predicted octanol–water partition coefficient (Wildman–Crippen LogP) is 5.95. The van der Waals surface area contributed by atoms with Gasteiger partial charge in [0.15, 0.2) is 11.5 Å². The number of ether oxygens (including phenoxy) is 2. The lowest BCUT2D eigenvalue weighted by atomic mass is 9.77. The molecule has 0 unspecified atom stereocenters. The molecule has 3 nitrogen and oxygen atoms in total. The summed E-state index contributed by atoms with van der Waals surface area (Å²) in [6.07, 6.45) is 5.62. The van der Waals surface area contributed by atoms with Crippen molar-refractivity contribution in [1.82, 2.24) is 0 Å². The second-order valence-corrected chi connectivity index (χ2v) is 7.68. The molecule has 0 amide bonds. The van der Waals surface area contributed by atoms with Gasteiger partial charge in [0.25, 0.3) is 0 Å². The number of hydrogen-bond donors (Lipinski definition) is 1. The standard InChI is InChI=1S/C20H19BrClNO2/c1-24-17-10-11(9-15(21)20(17)25-2)18-13-6-3-5-12(13)14-7-4-8-16(22)19(14)23-18/h3-5,7-10,12-13,18,23H,6H2,1-2H3/t12-,13+,18-/m1/s1. The zero-order valence-corrected chi connectivity index (χ0v) is 16.4. The maximum Gasteiger partial charge on any atom is 0.174 e. The Bertz CT molecular complexity index is 852. The van der Waals surface area contributed by atoms with E-state index in [2.05, 4.69) is 51.6 Å². The van der Waals surface area contributed by atoms with Gasteiger partial charge in [-0.3, -0.25) is 0 Å². The Morgan fingerprint density at radius 2 is 2.04 bits per heavy atom. The van der Waals surface area contributed by atoms with Crippen molar-refractivity contribution in [3.8, 4) is 11.5 Å². The molecule has 4 rings (SSSR count). The highest BCUT2D eigenvalue weighted by molar-refractivity contribution is 9.10. The van der Waals surface area contributed by atoms with Crippen molar-refractivity contribution in [3.63, 3.8) is 0 Å². The van der Waals surface area contributed by atoms with Crippen LogP contribution in [0, 0.1) is 5.92 Å². The van der Waals surface area contributed by atoms with E-state index >= 15 is 0 Å². The van der Waals surface area contributed by atoms with Gasteiger partial charge in [-0.05, 0) is 57.6 Å². The second kappa shape index (κ2) is 6.58. The summed E-state index contributed by atoms with van der Waals surface area (Å²) in [4.78, 5) is 0. The number of benzene rings is 2. The first-order chi connectivity index (χ1) is 12.1. The van der Waals surface area contributed by atoms with E-state index in [1.807, 2.05) is 12.1 Å². The van der Waals surface area contributed by atoms with E-state index in [1.54, 1.807) is 14.2 Å². The molecular weight excluding hydrogens is 402 g/mol. The highest BCUT2D eigenvalue weighted by Crippen LogP contribution is 2.52. The van der Waals surface area contributed by atoms with Crippen molar-refractivity contribution in [2.75, 3.05) is 19.5 Å². The third-order valence-corrected chi connectivity index (χ3v) is 6.06. The lowest BCUT2D eigenvalue weighted by molar-refractivity contribution is 0.351. The Kier molecular flexibility index (Phi) is 4.42. The largest absolute Gasteiger partial charge is 0.493 e. The van der Waals surface area contributed by atoms with Gasteiger partial charge >= 0.3 is 0 Å². The molecule has 2 aromatic carbocycles. The van der Waals surface area contributed by atoms with Crippen LogP contribution in [0.1, 0.15) is 29.5 Å². The number of fused-ring (bicyclic) bond motifs is 3. The van der Waals surface area contributed by atoms with Gasteiger partial charge in [0.2, 0.25) is 0 Å². The van der Waals surface area contributed by atoms with Crippen LogP contribution in [0.15, 0.2) is 47.0 Å². The van der Waals surface area contributed by atoms with Gasteiger partial charge in [0, 0.05) is 5.92 Å². The fraction of sp³-hybridized carbons (Fsp3) is 0.300. The van der Waals surface area contributed by atoms with Crippen molar-refractivity contribution in [2.45, 2.75) is 18.4 Å². The fourth-order valence-corrected chi connectivity index (χ4v) is 4.89. The molecule has 0 fully saturated rings. The van der Waals surface area contributed by atoms with Crippen LogP contribution in [0.4, 0.5) is 5.69 Å². The molecule has 1 N–H and O–H groups in total. The van der Waals surface area contributed by atoms with Crippen molar-refractivity contribution in [3.05, 3.63) is 63.1 Å². The first-order valence-electron chi connectivity index (χ1n) is 8.27. The third-order valence-electron chi connectivity index (χ3n) is 5.16. The van der Waals surface area contributed by atoms with E-state index in [0.717, 1.165) is 32.9 Å². The molecule has 0 aromatic heterocycles. The number of nitrogens with one attached hydrogen (secondary N) is 1. The first kappa shape index (κ1) is 16.8. The highest BCUT2D eigenvalue weighted by Gasteiger charge is 2.39. The highest BCUT2D eigenvalue weighted by atomic mass is 79.9. The number of rotatable bonds is 3. The lowest BCUT2D eigenvalue weighted by Crippen LogP contribution is -2.29. The summed E-state index contributed by atoms with van der Waals surface area (Å²) in [5.41, 5.74) is 3.48. The monoisotopic (exact) mass is 419 g/mol. The molecule has 2 aliphatic rings.